The number of hydrogen-bond donors (Lipinski definition) is 0. The first-order valence-corrected chi connectivity index (χ1v) is 8.47. The third kappa shape index (κ3) is 3.02. The maximum absolute atomic E-state index is 6.07. The normalized spacial score (nSPS) is 25.3. The lowest BCUT2D eigenvalue weighted by Gasteiger charge is -2.49. The van der Waals surface area contributed by atoms with Crippen LogP contribution in [0, 0.1) is 6.92 Å². The van der Waals surface area contributed by atoms with E-state index in [1.807, 2.05) is 13.0 Å². The molecule has 0 radical (unpaired) electrons. The Kier molecular flexibility index (Phi) is 4.07. The van der Waals surface area contributed by atoms with Crippen molar-refractivity contribution in [2.24, 2.45) is 0 Å². The summed E-state index contributed by atoms with van der Waals surface area (Å²) in [7, 11) is 0. The highest BCUT2D eigenvalue weighted by molar-refractivity contribution is 8.01. The second-order valence-electron chi connectivity index (χ2n) is 6.40. The molecule has 1 aromatic heterocycles. The van der Waals surface area contributed by atoms with E-state index < -0.39 is 0 Å². The van der Waals surface area contributed by atoms with E-state index in [0.29, 0.717) is 23.5 Å². The van der Waals surface area contributed by atoms with Gasteiger partial charge in [-0.05, 0) is 39.3 Å². The van der Waals surface area contributed by atoms with Crippen molar-refractivity contribution in [1.82, 2.24) is 9.88 Å². The lowest BCUT2D eigenvalue weighted by atomic mass is 9.92. The van der Waals surface area contributed by atoms with E-state index in [4.69, 9.17) is 4.74 Å². The lowest BCUT2D eigenvalue weighted by molar-refractivity contribution is 0.0194. The van der Waals surface area contributed by atoms with Gasteiger partial charge in [0.25, 0.3) is 0 Å². The summed E-state index contributed by atoms with van der Waals surface area (Å²) < 4.78 is 6.55. The zero-order valence-corrected chi connectivity index (χ0v) is 13.4. The molecule has 1 aromatic rings. The summed E-state index contributed by atoms with van der Waals surface area (Å²) in [5.74, 6) is 1.14. The van der Waals surface area contributed by atoms with Crippen LogP contribution < -0.4 is 0 Å². The second kappa shape index (κ2) is 5.66. The van der Waals surface area contributed by atoms with Gasteiger partial charge in [-0.15, -0.1) is 11.8 Å². The van der Waals surface area contributed by atoms with Gasteiger partial charge in [0, 0.05) is 35.3 Å². The molecule has 0 aromatic carbocycles. The largest absolute Gasteiger partial charge is 0.371 e. The second-order valence-corrected chi connectivity index (χ2v) is 7.89. The first kappa shape index (κ1) is 14.4. The Bertz CT molecular complexity index is 471. The topological polar surface area (TPSA) is 25.4 Å². The number of ether oxygens (including phenoxy) is 1. The Labute approximate surface area is 126 Å². The summed E-state index contributed by atoms with van der Waals surface area (Å²) in [6, 6.07) is 6.81. The number of likely N-dealkylation sites (tertiary alicyclic amines) is 1. The highest BCUT2D eigenvalue weighted by Gasteiger charge is 2.49. The fourth-order valence-corrected chi connectivity index (χ4v) is 4.64. The van der Waals surface area contributed by atoms with Crippen molar-refractivity contribution in [2.75, 3.05) is 18.8 Å². The molecule has 20 heavy (non-hydrogen) atoms. The van der Waals surface area contributed by atoms with Crippen molar-refractivity contribution < 1.29 is 4.74 Å². The summed E-state index contributed by atoms with van der Waals surface area (Å²) in [6.45, 7) is 9.71. The SMILES string of the molecule is Cc1cccc(CO[C@H]2CSC3(C2)CN(C(C)C)C3)n1. The molecular formula is C16H24N2OS. The standard InChI is InChI=1S/C16H24N2OS/c1-12(2)18-10-16(11-18)7-15(9-20-16)19-8-14-6-4-5-13(3)17-14/h4-6,12,15H,7-11H2,1-3H3/t15-/m1/s1. The maximum Gasteiger partial charge on any atom is 0.0892 e. The Morgan fingerprint density at radius 1 is 1.45 bits per heavy atom. The summed E-state index contributed by atoms with van der Waals surface area (Å²) in [4.78, 5) is 7.05. The number of hydrogen-bond acceptors (Lipinski definition) is 4. The number of rotatable bonds is 4. The van der Waals surface area contributed by atoms with Crippen LogP contribution in [0.15, 0.2) is 18.2 Å². The Morgan fingerprint density at radius 2 is 2.25 bits per heavy atom. The summed E-state index contributed by atoms with van der Waals surface area (Å²) in [5, 5.41) is 0. The molecule has 1 atom stereocenters. The molecule has 3 heterocycles. The van der Waals surface area contributed by atoms with E-state index in [1.165, 1.54) is 19.5 Å². The summed E-state index contributed by atoms with van der Waals surface area (Å²) in [6.07, 6.45) is 1.60. The van der Waals surface area contributed by atoms with Crippen LogP contribution in [-0.2, 0) is 11.3 Å². The van der Waals surface area contributed by atoms with E-state index in [1.54, 1.807) is 0 Å². The molecule has 4 heteroatoms. The minimum Gasteiger partial charge on any atom is -0.371 e. The van der Waals surface area contributed by atoms with Crippen LogP contribution in [0.5, 0.6) is 0 Å². The Hall–Kier alpha value is -0.580. The van der Waals surface area contributed by atoms with Crippen LogP contribution in [0.3, 0.4) is 0 Å². The maximum atomic E-state index is 6.07. The highest BCUT2D eigenvalue weighted by atomic mass is 32.2. The predicted octanol–water partition coefficient (Wildman–Crippen LogP) is 2.87. The first-order valence-electron chi connectivity index (χ1n) is 7.48. The monoisotopic (exact) mass is 292 g/mol. The molecule has 0 aliphatic carbocycles. The van der Waals surface area contributed by atoms with Crippen LogP contribution in [0.1, 0.15) is 31.7 Å². The quantitative estimate of drug-likeness (QED) is 0.852. The Morgan fingerprint density at radius 3 is 2.95 bits per heavy atom. The average Bonchev–Trinajstić information content (AvgIpc) is 2.79. The number of aromatic nitrogens is 1. The van der Waals surface area contributed by atoms with Crippen LogP contribution in [0.2, 0.25) is 0 Å². The smallest absolute Gasteiger partial charge is 0.0892 e. The molecule has 0 N–H and O–H groups in total. The Balaban J connectivity index is 1.47. The zero-order valence-electron chi connectivity index (χ0n) is 12.6. The predicted molar refractivity (Wildman–Crippen MR) is 84.1 cm³/mol. The van der Waals surface area contributed by atoms with Crippen LogP contribution in [0.4, 0.5) is 0 Å². The third-order valence-electron chi connectivity index (χ3n) is 4.30. The molecule has 0 saturated carbocycles. The number of nitrogens with zero attached hydrogens (tertiary/aromatic N) is 2. The van der Waals surface area contributed by atoms with Crippen molar-refractivity contribution >= 4 is 11.8 Å². The number of pyridine rings is 1. The molecule has 2 aliphatic rings. The van der Waals surface area contributed by atoms with Crippen molar-refractivity contribution in [3.8, 4) is 0 Å². The van der Waals surface area contributed by atoms with Crippen LogP contribution in [-0.4, -0.2) is 45.6 Å². The number of thioether (sulfide) groups is 1. The van der Waals surface area contributed by atoms with Gasteiger partial charge >= 0.3 is 0 Å². The van der Waals surface area contributed by atoms with E-state index >= 15 is 0 Å². The molecule has 3 nitrogen and oxygen atoms in total. The molecule has 0 bridgehead atoms. The van der Waals surface area contributed by atoms with Gasteiger partial charge in [-0.1, -0.05) is 6.07 Å². The molecule has 0 unspecified atom stereocenters. The van der Waals surface area contributed by atoms with Gasteiger partial charge in [0.1, 0.15) is 0 Å². The fourth-order valence-electron chi connectivity index (χ4n) is 3.07. The fraction of sp³-hybridized carbons (Fsp3) is 0.688. The van der Waals surface area contributed by atoms with Crippen molar-refractivity contribution in [3.63, 3.8) is 0 Å². The molecular weight excluding hydrogens is 268 g/mol. The molecule has 3 rings (SSSR count). The van der Waals surface area contributed by atoms with Gasteiger partial charge in [-0.25, -0.2) is 0 Å². The molecule has 2 aliphatic heterocycles. The molecule has 110 valence electrons. The van der Waals surface area contributed by atoms with E-state index in [0.717, 1.165) is 17.1 Å². The molecule has 1 spiro atoms. The van der Waals surface area contributed by atoms with Gasteiger partial charge in [-0.2, -0.15) is 0 Å². The van der Waals surface area contributed by atoms with Gasteiger partial charge in [0.05, 0.1) is 18.4 Å². The molecule has 2 saturated heterocycles. The average molecular weight is 292 g/mol. The highest BCUT2D eigenvalue weighted by Crippen LogP contribution is 2.46. The molecule has 0 amide bonds. The van der Waals surface area contributed by atoms with E-state index in [-0.39, 0.29) is 0 Å². The minimum atomic E-state index is 0.400. The van der Waals surface area contributed by atoms with Crippen molar-refractivity contribution in [1.29, 1.82) is 0 Å². The first-order chi connectivity index (χ1) is 9.56. The van der Waals surface area contributed by atoms with Crippen molar-refractivity contribution in [3.05, 3.63) is 29.6 Å². The van der Waals surface area contributed by atoms with Gasteiger partial charge in [0.2, 0.25) is 0 Å². The van der Waals surface area contributed by atoms with Crippen LogP contribution >= 0.6 is 11.8 Å². The zero-order chi connectivity index (χ0) is 14.2. The third-order valence-corrected chi connectivity index (χ3v) is 5.88. The minimum absolute atomic E-state index is 0.400. The van der Waals surface area contributed by atoms with Crippen LogP contribution in [0.25, 0.3) is 0 Å². The number of aryl methyl sites for hydroxylation is 1. The van der Waals surface area contributed by atoms with E-state index in [9.17, 15) is 0 Å². The summed E-state index contributed by atoms with van der Waals surface area (Å²) in [5.41, 5.74) is 2.11. The lowest BCUT2D eigenvalue weighted by Crippen LogP contribution is -2.60. The van der Waals surface area contributed by atoms with Gasteiger partial charge < -0.3 is 4.74 Å². The van der Waals surface area contributed by atoms with Gasteiger partial charge in [0.15, 0.2) is 0 Å². The molecule has 2 fully saturated rings. The van der Waals surface area contributed by atoms with Crippen molar-refractivity contribution in [2.45, 2.75) is 50.7 Å². The summed E-state index contributed by atoms with van der Waals surface area (Å²) >= 11 is 2.11. The van der Waals surface area contributed by atoms with E-state index in [2.05, 4.69) is 47.6 Å². The van der Waals surface area contributed by atoms with Gasteiger partial charge in [-0.3, -0.25) is 9.88 Å².